The molecule has 2 aliphatic carbocycles. The first kappa shape index (κ1) is 39.3. The van der Waals surface area contributed by atoms with Gasteiger partial charge in [-0.3, -0.25) is 0 Å². The molecule has 0 fully saturated rings. The molecule has 0 radical (unpaired) electrons. The number of fused-ring (bicyclic) bond motifs is 21. The number of hydrogen-bond acceptors (Lipinski definition) is 3. The van der Waals surface area contributed by atoms with Crippen LogP contribution in [0.2, 0.25) is 0 Å². The third-order valence-electron chi connectivity index (χ3n) is 15.2. The zero-order valence-corrected chi connectivity index (χ0v) is 38.9. The van der Waals surface area contributed by atoms with Crippen molar-refractivity contribution in [3.63, 3.8) is 0 Å². The number of thiophene rings is 1. The highest BCUT2D eigenvalue weighted by Gasteiger charge is 2.50. The predicted molar refractivity (Wildman–Crippen MR) is 295 cm³/mol. The number of rotatable bonds is 4. The third kappa shape index (κ3) is 5.44. The Balaban J connectivity index is 1.03. The van der Waals surface area contributed by atoms with Gasteiger partial charge in [0.05, 0.1) is 16.8 Å². The summed E-state index contributed by atoms with van der Waals surface area (Å²) in [6.45, 7) is 0. The quantitative estimate of drug-likeness (QED) is 0.174. The zero-order valence-electron chi connectivity index (χ0n) is 38.1. The highest BCUT2D eigenvalue weighted by atomic mass is 32.1. The van der Waals surface area contributed by atoms with E-state index >= 15 is 0 Å². The van der Waals surface area contributed by atoms with E-state index in [4.69, 9.17) is 0 Å². The number of para-hydroxylation sites is 4. The van der Waals surface area contributed by atoms with Gasteiger partial charge in [-0.05, 0) is 140 Å². The van der Waals surface area contributed by atoms with Gasteiger partial charge in [-0.25, -0.2) is 0 Å². The second-order valence-electron chi connectivity index (χ2n) is 18.7. The lowest BCUT2D eigenvalue weighted by Gasteiger charge is -2.36. The second-order valence-corrected chi connectivity index (χ2v) is 19.8. The molecule has 0 bridgehead atoms. The van der Waals surface area contributed by atoms with Crippen molar-refractivity contribution in [3.8, 4) is 55.6 Å². The minimum atomic E-state index is -0.649. The Labute approximate surface area is 411 Å². The molecule has 0 saturated heterocycles. The van der Waals surface area contributed by atoms with Gasteiger partial charge in [-0.15, -0.1) is 11.3 Å². The molecule has 326 valence electrons. The van der Waals surface area contributed by atoms with Crippen LogP contribution in [0, 0.1) is 0 Å². The van der Waals surface area contributed by atoms with Crippen LogP contribution in [0.1, 0.15) is 22.3 Å². The molecule has 2 heterocycles. The Morgan fingerprint density at radius 3 is 1.56 bits per heavy atom. The summed E-state index contributed by atoms with van der Waals surface area (Å²) in [6, 6.07) is 95.2. The minimum Gasteiger partial charge on any atom is -0.310 e. The first-order chi connectivity index (χ1) is 34.8. The molecule has 15 rings (SSSR count). The molecular formula is C67H42N2S. The van der Waals surface area contributed by atoms with Gasteiger partial charge in [0.2, 0.25) is 0 Å². The minimum absolute atomic E-state index is 0.649. The SMILES string of the molecule is c1ccc(N(c2ccc3c(c2)-c2ccccc2N(c2ccccc2)c2ccccc2-3)c2ccc3c(c2)C2(c4ccccc4-c4ccccc4-3)c3ccccc3-c3c2ccc2sc4ccccc4c32)cc1. The topological polar surface area (TPSA) is 6.48 Å². The van der Waals surface area contributed by atoms with Crippen LogP contribution < -0.4 is 9.80 Å². The molecule has 1 spiro atoms. The molecule has 0 amide bonds. The van der Waals surface area contributed by atoms with Gasteiger partial charge < -0.3 is 9.80 Å². The van der Waals surface area contributed by atoms with E-state index in [1.807, 2.05) is 11.3 Å². The molecule has 70 heavy (non-hydrogen) atoms. The van der Waals surface area contributed by atoms with Crippen molar-refractivity contribution >= 4 is 65.6 Å². The first-order valence-corrected chi connectivity index (χ1v) is 25.0. The van der Waals surface area contributed by atoms with Crippen LogP contribution in [-0.2, 0) is 5.41 Å². The van der Waals surface area contributed by atoms with Gasteiger partial charge in [0.25, 0.3) is 0 Å². The van der Waals surface area contributed by atoms with Crippen molar-refractivity contribution in [1.29, 1.82) is 0 Å². The van der Waals surface area contributed by atoms with E-state index in [1.54, 1.807) is 0 Å². The highest BCUT2D eigenvalue weighted by molar-refractivity contribution is 7.26. The van der Waals surface area contributed by atoms with Gasteiger partial charge in [-0.2, -0.15) is 0 Å². The fraction of sp³-hybridized carbons (Fsp3) is 0.0149. The average Bonchev–Trinajstić information content (AvgIpc) is 3.89. The van der Waals surface area contributed by atoms with E-state index in [-0.39, 0.29) is 0 Å². The number of hydrogen-bond donors (Lipinski definition) is 0. The second kappa shape index (κ2) is 15.1. The van der Waals surface area contributed by atoms with E-state index < -0.39 is 5.41 Å². The van der Waals surface area contributed by atoms with E-state index in [0.29, 0.717) is 0 Å². The van der Waals surface area contributed by atoms with E-state index in [0.717, 1.165) is 34.1 Å². The average molecular weight is 907 g/mol. The third-order valence-corrected chi connectivity index (χ3v) is 16.3. The Kier molecular flexibility index (Phi) is 8.48. The zero-order chi connectivity index (χ0) is 45.9. The lowest BCUT2D eigenvalue weighted by Crippen LogP contribution is -2.29. The summed E-state index contributed by atoms with van der Waals surface area (Å²) < 4.78 is 2.64. The summed E-state index contributed by atoms with van der Waals surface area (Å²) in [5.74, 6) is 0. The maximum atomic E-state index is 2.54. The summed E-state index contributed by atoms with van der Waals surface area (Å²) in [6.07, 6.45) is 0. The number of benzene rings is 11. The lowest BCUT2D eigenvalue weighted by atomic mass is 9.65. The molecule has 0 saturated carbocycles. The molecule has 3 heteroatoms. The fourth-order valence-electron chi connectivity index (χ4n) is 12.5. The Hall–Kier alpha value is -8.76. The van der Waals surface area contributed by atoms with Crippen LogP contribution in [0.5, 0.6) is 0 Å². The standard InChI is InChI=1S/C67H42N2S/c1-3-19-43(20-4-1)68(45-35-37-49-52-26-11-16-32-61(52)69(44-21-5-2-6-22-44)62-33-17-12-27-53(62)56(49)41-45)46-36-38-51-48-24-8-7-23-47(48)50-25-9-14-30-57(50)67(60(51)42-46)58-31-15-10-28-54(58)65-59(67)39-40-64-66(65)55-29-13-18-34-63(55)70-64/h1-42H. The molecule has 0 N–H and O–H groups in total. The molecule has 12 aromatic rings. The first-order valence-electron chi connectivity index (χ1n) is 24.2. The summed E-state index contributed by atoms with van der Waals surface area (Å²) >= 11 is 1.90. The highest BCUT2D eigenvalue weighted by Crippen LogP contribution is 2.64. The maximum absolute atomic E-state index is 2.54. The molecule has 1 aliphatic heterocycles. The Morgan fingerprint density at radius 2 is 0.829 bits per heavy atom. The maximum Gasteiger partial charge on any atom is 0.0726 e. The molecule has 2 nitrogen and oxygen atoms in total. The number of nitrogens with zero attached hydrogens (tertiary/aromatic N) is 2. The lowest BCUT2D eigenvalue weighted by molar-refractivity contribution is 0.776. The van der Waals surface area contributed by atoms with E-state index in [9.17, 15) is 0 Å². The van der Waals surface area contributed by atoms with Gasteiger partial charge in [-0.1, -0.05) is 182 Å². The van der Waals surface area contributed by atoms with Gasteiger partial charge in [0.1, 0.15) is 0 Å². The van der Waals surface area contributed by atoms with Crippen molar-refractivity contribution in [1.82, 2.24) is 0 Å². The van der Waals surface area contributed by atoms with Crippen molar-refractivity contribution in [2.45, 2.75) is 5.41 Å². The van der Waals surface area contributed by atoms with E-state index in [1.165, 1.54) is 98.1 Å². The van der Waals surface area contributed by atoms with Crippen LogP contribution in [0.3, 0.4) is 0 Å². The molecular weight excluding hydrogens is 865 g/mol. The van der Waals surface area contributed by atoms with Crippen LogP contribution >= 0.6 is 11.3 Å². The Morgan fingerprint density at radius 1 is 0.314 bits per heavy atom. The van der Waals surface area contributed by atoms with Gasteiger partial charge >= 0.3 is 0 Å². The Bertz CT molecular complexity index is 4090. The fourth-order valence-corrected chi connectivity index (χ4v) is 13.6. The molecule has 3 aliphatic rings. The largest absolute Gasteiger partial charge is 0.310 e. The monoisotopic (exact) mass is 906 g/mol. The van der Waals surface area contributed by atoms with Crippen molar-refractivity contribution in [2.75, 3.05) is 9.80 Å². The van der Waals surface area contributed by atoms with Crippen LogP contribution in [-0.4, -0.2) is 0 Å². The van der Waals surface area contributed by atoms with Gasteiger partial charge in [0.15, 0.2) is 0 Å². The summed E-state index contributed by atoms with van der Waals surface area (Å²) in [5.41, 5.74) is 23.8. The molecule has 11 aromatic carbocycles. The van der Waals surface area contributed by atoms with Crippen LogP contribution in [0.4, 0.5) is 34.1 Å². The normalized spacial score (nSPS) is 14.6. The van der Waals surface area contributed by atoms with Gasteiger partial charge in [0, 0.05) is 54.0 Å². The predicted octanol–water partition coefficient (Wildman–Crippen LogP) is 18.7. The van der Waals surface area contributed by atoms with Crippen molar-refractivity contribution < 1.29 is 0 Å². The smallest absolute Gasteiger partial charge is 0.0726 e. The molecule has 1 aromatic heterocycles. The summed E-state index contributed by atoms with van der Waals surface area (Å²) in [7, 11) is 0. The molecule has 1 unspecified atom stereocenters. The summed E-state index contributed by atoms with van der Waals surface area (Å²) in [5, 5.41) is 2.67. The number of anilines is 6. The van der Waals surface area contributed by atoms with Crippen LogP contribution in [0.25, 0.3) is 75.8 Å². The van der Waals surface area contributed by atoms with Crippen LogP contribution in [0.15, 0.2) is 255 Å². The van der Waals surface area contributed by atoms with Crippen molar-refractivity contribution in [3.05, 3.63) is 277 Å². The molecule has 1 atom stereocenters. The van der Waals surface area contributed by atoms with E-state index in [2.05, 4.69) is 265 Å². The summed E-state index contributed by atoms with van der Waals surface area (Å²) in [4.78, 5) is 4.90. The van der Waals surface area contributed by atoms with Crippen molar-refractivity contribution in [2.24, 2.45) is 0 Å².